The van der Waals surface area contributed by atoms with Crippen molar-refractivity contribution >= 4 is 25.0 Å². The molecule has 0 bridgehead atoms. The zero-order valence-corrected chi connectivity index (χ0v) is 18.7. The second-order valence-corrected chi connectivity index (χ2v) is 9.15. The van der Waals surface area contributed by atoms with Gasteiger partial charge >= 0.3 is 8.03 Å². The van der Waals surface area contributed by atoms with Gasteiger partial charge in [0.15, 0.2) is 11.9 Å². The Kier molecular flexibility index (Phi) is 8.45. The van der Waals surface area contributed by atoms with Crippen LogP contribution in [-0.4, -0.2) is 60.5 Å². The highest BCUT2D eigenvalue weighted by Gasteiger charge is 2.37. The van der Waals surface area contributed by atoms with Crippen molar-refractivity contribution in [2.24, 2.45) is 0 Å². The minimum absolute atomic E-state index is 0.00675. The molecule has 30 heavy (non-hydrogen) atoms. The summed E-state index contributed by atoms with van der Waals surface area (Å²) >= 11 is 0. The lowest BCUT2D eigenvalue weighted by Crippen LogP contribution is -2.35. The number of aromatic nitrogens is 4. The highest BCUT2D eigenvalue weighted by Crippen LogP contribution is 2.39. The third-order valence-corrected chi connectivity index (χ3v) is 6.91. The third-order valence-electron chi connectivity index (χ3n) is 4.91. The Morgan fingerprint density at radius 2 is 2.00 bits per heavy atom. The van der Waals surface area contributed by atoms with Crippen LogP contribution in [0.5, 0.6) is 0 Å². The largest absolute Gasteiger partial charge is 0.511 e. The number of aliphatic hydroxyl groups excluding tert-OH is 2. The molecular formula is C18H32N5O6P+2. The van der Waals surface area contributed by atoms with Crippen molar-refractivity contribution in [3.63, 3.8) is 0 Å². The fourth-order valence-corrected chi connectivity index (χ4v) is 4.30. The summed E-state index contributed by atoms with van der Waals surface area (Å²) in [5, 5.41) is 29.3. The predicted molar refractivity (Wildman–Crippen MR) is 109 cm³/mol. The number of nitrogen functional groups attached to an aromatic ring is 1. The number of imidazole rings is 1. The fourth-order valence-electron chi connectivity index (χ4n) is 2.97. The van der Waals surface area contributed by atoms with Crippen molar-refractivity contribution in [3.8, 4) is 0 Å². The molecule has 168 valence electrons. The molecule has 0 saturated heterocycles. The molecule has 2 heterocycles. The number of rotatable bonds is 12. The normalized spacial score (nSPS) is 15.0. The van der Waals surface area contributed by atoms with E-state index in [2.05, 4.69) is 9.97 Å². The maximum atomic E-state index is 12.4. The SMILES string of the molecule is CCC(CC)[P+](=O)OC(C)(C)CCOC([C@H](O)CO)n1cnc2c(N)[n+](O)cnc21. The molecule has 0 radical (unpaired) electrons. The van der Waals surface area contributed by atoms with E-state index in [1.165, 1.54) is 10.9 Å². The Bertz CT molecular complexity index is 857. The van der Waals surface area contributed by atoms with E-state index in [0.29, 0.717) is 11.2 Å². The number of ether oxygens (including phenoxy) is 1. The van der Waals surface area contributed by atoms with Crippen molar-refractivity contribution in [3.05, 3.63) is 12.7 Å². The van der Waals surface area contributed by atoms with Crippen LogP contribution in [0.2, 0.25) is 0 Å². The van der Waals surface area contributed by atoms with E-state index in [1.807, 2.05) is 27.7 Å². The van der Waals surface area contributed by atoms with Gasteiger partial charge in [-0.2, -0.15) is 0 Å². The van der Waals surface area contributed by atoms with Crippen LogP contribution < -0.4 is 10.5 Å². The van der Waals surface area contributed by atoms with Crippen molar-refractivity contribution in [2.75, 3.05) is 18.9 Å². The standard InChI is InChI=1S/C18H31N5O6P/c1-5-12(6-2)30(27)29-18(3,4)7-8-28-17(13(25)9-24)22-10-20-14-15(19)23(26)11-21-16(14)22/h10-13,17,19,24-26H,5-9H2,1-4H3/q+1/p+1/t13-,17?/m1/s1. The molecule has 2 rings (SSSR count). The first-order valence-corrected chi connectivity index (χ1v) is 11.2. The maximum Gasteiger partial charge on any atom is 0.511 e. The van der Waals surface area contributed by atoms with Crippen LogP contribution in [0.25, 0.3) is 11.2 Å². The van der Waals surface area contributed by atoms with Gasteiger partial charge in [-0.15, -0.1) is 4.52 Å². The summed E-state index contributed by atoms with van der Waals surface area (Å²) in [6.07, 6.45) is 2.18. The molecule has 0 spiro atoms. The lowest BCUT2D eigenvalue weighted by Gasteiger charge is -2.25. The first-order valence-electron chi connectivity index (χ1n) is 9.93. The Hall–Kier alpha value is -1.91. The number of nitrogens with zero attached hydrogens (tertiary/aromatic N) is 4. The molecule has 0 aliphatic heterocycles. The molecule has 2 aromatic rings. The summed E-state index contributed by atoms with van der Waals surface area (Å²) in [4.78, 5) is 8.18. The van der Waals surface area contributed by atoms with Gasteiger partial charge in [-0.1, -0.05) is 23.6 Å². The van der Waals surface area contributed by atoms with Crippen LogP contribution in [-0.2, 0) is 13.8 Å². The van der Waals surface area contributed by atoms with Gasteiger partial charge in [0, 0.05) is 6.42 Å². The average Bonchev–Trinajstić information content (AvgIpc) is 3.12. The highest BCUT2D eigenvalue weighted by atomic mass is 31.1. The van der Waals surface area contributed by atoms with E-state index in [0.717, 1.165) is 19.2 Å². The molecule has 12 heteroatoms. The third kappa shape index (κ3) is 5.61. The Morgan fingerprint density at radius 1 is 1.33 bits per heavy atom. The molecule has 0 aliphatic carbocycles. The Balaban J connectivity index is 2.11. The highest BCUT2D eigenvalue weighted by molar-refractivity contribution is 7.40. The van der Waals surface area contributed by atoms with Gasteiger partial charge in [0.1, 0.15) is 18.0 Å². The van der Waals surface area contributed by atoms with Gasteiger partial charge in [0.25, 0.3) is 12.1 Å². The maximum absolute atomic E-state index is 12.4. The van der Waals surface area contributed by atoms with Gasteiger partial charge in [-0.3, -0.25) is 4.57 Å². The number of nitrogens with two attached hydrogens (primary N) is 1. The quantitative estimate of drug-likeness (QED) is 0.216. The van der Waals surface area contributed by atoms with E-state index in [9.17, 15) is 20.0 Å². The van der Waals surface area contributed by atoms with Crippen molar-refractivity contribution in [1.82, 2.24) is 14.5 Å². The summed E-state index contributed by atoms with van der Waals surface area (Å²) in [6, 6.07) is 0. The van der Waals surface area contributed by atoms with Crippen LogP contribution in [0.15, 0.2) is 12.7 Å². The smallest absolute Gasteiger partial charge is 0.394 e. The summed E-state index contributed by atoms with van der Waals surface area (Å²) in [5.41, 5.74) is 5.60. The van der Waals surface area contributed by atoms with Crippen LogP contribution in [0.4, 0.5) is 5.82 Å². The summed E-state index contributed by atoms with van der Waals surface area (Å²) in [7, 11) is -1.81. The van der Waals surface area contributed by atoms with Crippen LogP contribution >= 0.6 is 8.03 Å². The van der Waals surface area contributed by atoms with Gasteiger partial charge in [0.2, 0.25) is 11.2 Å². The van der Waals surface area contributed by atoms with Crippen LogP contribution in [0.3, 0.4) is 0 Å². The molecule has 11 nitrogen and oxygen atoms in total. The number of hydrogen-bond acceptors (Lipinski definition) is 9. The minimum Gasteiger partial charge on any atom is -0.394 e. The molecule has 0 aliphatic rings. The number of anilines is 1. The zero-order chi connectivity index (χ0) is 22.5. The van der Waals surface area contributed by atoms with Gasteiger partial charge in [-0.05, 0) is 31.3 Å². The van der Waals surface area contributed by atoms with Gasteiger partial charge in [-0.25, -0.2) is 4.98 Å². The van der Waals surface area contributed by atoms with Crippen molar-refractivity contribution in [1.29, 1.82) is 0 Å². The average molecular weight is 445 g/mol. The molecule has 0 aromatic carbocycles. The van der Waals surface area contributed by atoms with Crippen LogP contribution in [0.1, 0.15) is 53.2 Å². The summed E-state index contributed by atoms with van der Waals surface area (Å²) in [5.74, 6) is -0.0178. The second kappa shape index (κ2) is 10.4. The molecule has 0 saturated carbocycles. The molecular weight excluding hydrogens is 413 g/mol. The number of aliphatic hydroxyl groups is 2. The number of fused-ring (bicyclic) bond motifs is 1. The molecule has 2 unspecified atom stereocenters. The van der Waals surface area contributed by atoms with Crippen molar-refractivity contribution < 1.29 is 34.0 Å². The van der Waals surface area contributed by atoms with E-state index in [-0.39, 0.29) is 29.2 Å². The van der Waals surface area contributed by atoms with Crippen LogP contribution in [0, 0.1) is 0 Å². The van der Waals surface area contributed by atoms with Gasteiger partial charge < -0.3 is 25.9 Å². The Morgan fingerprint density at radius 3 is 2.60 bits per heavy atom. The van der Waals surface area contributed by atoms with Crippen molar-refractivity contribution in [2.45, 2.75) is 70.5 Å². The molecule has 3 atom stereocenters. The molecule has 5 N–H and O–H groups in total. The molecule has 2 aromatic heterocycles. The Labute approximate surface area is 176 Å². The zero-order valence-electron chi connectivity index (χ0n) is 17.8. The summed E-state index contributed by atoms with van der Waals surface area (Å²) in [6.45, 7) is 7.24. The first-order chi connectivity index (χ1) is 14.1. The first kappa shape index (κ1) is 24.4. The topological polar surface area (TPSA) is 157 Å². The lowest BCUT2D eigenvalue weighted by atomic mass is 10.1. The van der Waals surface area contributed by atoms with E-state index in [1.54, 1.807) is 0 Å². The molecule has 0 amide bonds. The van der Waals surface area contributed by atoms with Gasteiger partial charge in [0.05, 0.1) is 13.2 Å². The van der Waals surface area contributed by atoms with E-state index in [4.69, 9.17) is 15.0 Å². The summed E-state index contributed by atoms with van der Waals surface area (Å²) < 4.78 is 26.1. The fraction of sp³-hybridized carbons (Fsp3) is 0.722. The number of hydrogen-bond donors (Lipinski definition) is 4. The second-order valence-electron chi connectivity index (χ2n) is 7.67. The monoisotopic (exact) mass is 445 g/mol. The predicted octanol–water partition coefficient (Wildman–Crippen LogP) is 1.52. The van der Waals surface area contributed by atoms with E-state index >= 15 is 0 Å². The van der Waals surface area contributed by atoms with E-state index < -0.39 is 32.6 Å². The minimum atomic E-state index is -1.81. The lowest BCUT2D eigenvalue weighted by molar-refractivity contribution is -0.894. The molecule has 0 fully saturated rings.